The summed E-state index contributed by atoms with van der Waals surface area (Å²) in [5, 5.41) is 9.11. The maximum absolute atomic E-state index is 13.1. The first-order chi connectivity index (χ1) is 13.1. The van der Waals surface area contributed by atoms with E-state index in [1.807, 2.05) is 30.3 Å². The first-order valence-corrected chi connectivity index (χ1v) is 8.48. The second kappa shape index (κ2) is 6.60. The zero-order valence-electron chi connectivity index (χ0n) is 14.6. The summed E-state index contributed by atoms with van der Waals surface area (Å²) < 4.78 is 19.8. The number of aromatic nitrogens is 2. The van der Waals surface area contributed by atoms with E-state index in [9.17, 15) is 9.18 Å². The zero-order valence-corrected chi connectivity index (χ0v) is 14.6. The van der Waals surface area contributed by atoms with Crippen molar-refractivity contribution < 1.29 is 13.9 Å². The first kappa shape index (κ1) is 16.8. The summed E-state index contributed by atoms with van der Waals surface area (Å²) in [6.45, 7) is 1.99. The molecule has 0 amide bonds. The maximum atomic E-state index is 13.1. The second-order valence-corrected chi connectivity index (χ2v) is 5.98. The van der Waals surface area contributed by atoms with E-state index in [1.54, 1.807) is 19.1 Å². The van der Waals surface area contributed by atoms with Crippen molar-refractivity contribution in [1.29, 1.82) is 0 Å². The van der Waals surface area contributed by atoms with Crippen LogP contribution in [0.4, 0.5) is 21.7 Å². The van der Waals surface area contributed by atoms with Crippen LogP contribution in [0.1, 0.15) is 17.3 Å². The number of benzene rings is 2. The van der Waals surface area contributed by atoms with Crippen molar-refractivity contribution in [2.45, 2.75) is 6.92 Å². The van der Waals surface area contributed by atoms with Crippen molar-refractivity contribution in [3.63, 3.8) is 0 Å². The van der Waals surface area contributed by atoms with Crippen LogP contribution < -0.4 is 11.1 Å². The quantitative estimate of drug-likeness (QED) is 0.532. The molecule has 0 atom stereocenters. The zero-order chi connectivity index (χ0) is 19.0. The van der Waals surface area contributed by atoms with Crippen molar-refractivity contribution in [3.05, 3.63) is 66.0 Å². The Hall–Kier alpha value is -3.61. The Balaban J connectivity index is 1.89. The summed E-state index contributed by atoms with van der Waals surface area (Å²) >= 11 is 0. The van der Waals surface area contributed by atoms with Crippen LogP contribution in [-0.4, -0.2) is 22.2 Å². The van der Waals surface area contributed by atoms with Crippen LogP contribution in [0.15, 0.2) is 54.6 Å². The Morgan fingerprint density at radius 2 is 1.89 bits per heavy atom. The molecule has 3 N–H and O–H groups in total. The molecule has 0 radical (unpaired) electrons. The molecule has 0 fully saturated rings. The van der Waals surface area contributed by atoms with Crippen LogP contribution in [0.25, 0.3) is 16.3 Å². The third-order valence-electron chi connectivity index (χ3n) is 4.26. The molecule has 0 aliphatic heterocycles. The molecule has 2 heterocycles. The Bertz CT molecular complexity index is 1150. The predicted octanol–water partition coefficient (Wildman–Crippen LogP) is 4.13. The lowest BCUT2D eigenvalue weighted by Gasteiger charge is -2.11. The minimum atomic E-state index is -0.489. The monoisotopic (exact) mass is 364 g/mol. The van der Waals surface area contributed by atoms with Crippen LogP contribution in [0, 0.1) is 5.82 Å². The molecule has 0 unspecified atom stereocenters. The van der Waals surface area contributed by atoms with E-state index in [-0.39, 0.29) is 23.8 Å². The number of nitrogens with one attached hydrogen (secondary N) is 1. The van der Waals surface area contributed by atoms with Gasteiger partial charge in [0, 0.05) is 22.5 Å². The first-order valence-electron chi connectivity index (χ1n) is 8.48. The average molecular weight is 364 g/mol. The molecule has 0 bridgehead atoms. The number of pyridine rings is 1. The van der Waals surface area contributed by atoms with E-state index in [0.717, 1.165) is 10.9 Å². The Morgan fingerprint density at radius 3 is 2.59 bits per heavy atom. The summed E-state index contributed by atoms with van der Waals surface area (Å²) in [5.41, 5.74) is 7.99. The van der Waals surface area contributed by atoms with Crippen molar-refractivity contribution in [2.24, 2.45) is 0 Å². The number of carbonyl (C=O) groups excluding carboxylic acids is 1. The van der Waals surface area contributed by atoms with Gasteiger partial charge in [-0.15, -0.1) is 5.10 Å². The van der Waals surface area contributed by atoms with Gasteiger partial charge in [0.05, 0.1) is 12.1 Å². The number of nitrogens with two attached hydrogens (primary N) is 1. The summed E-state index contributed by atoms with van der Waals surface area (Å²) in [5.74, 6) is -0.0738. The van der Waals surface area contributed by atoms with Gasteiger partial charge in [-0.2, -0.15) is 0 Å². The summed E-state index contributed by atoms with van der Waals surface area (Å²) in [7, 11) is 0. The van der Waals surface area contributed by atoms with Gasteiger partial charge in [0.25, 0.3) is 0 Å². The number of fused-ring (bicyclic) bond motifs is 3. The van der Waals surface area contributed by atoms with Gasteiger partial charge >= 0.3 is 5.97 Å². The normalized spacial score (nSPS) is 11.0. The molecule has 4 rings (SSSR count). The molecule has 2 aromatic carbocycles. The van der Waals surface area contributed by atoms with Crippen LogP contribution in [-0.2, 0) is 4.74 Å². The lowest BCUT2D eigenvalue weighted by atomic mass is 10.1. The van der Waals surface area contributed by atoms with Crippen molar-refractivity contribution in [3.8, 4) is 0 Å². The molecule has 6 nitrogen and oxygen atoms in total. The molecule has 0 aliphatic carbocycles. The van der Waals surface area contributed by atoms with Gasteiger partial charge in [-0.3, -0.25) is 0 Å². The number of ether oxygens (including phenoxy) is 1. The molecule has 2 aromatic heterocycles. The summed E-state index contributed by atoms with van der Waals surface area (Å²) in [4.78, 5) is 12.5. The summed E-state index contributed by atoms with van der Waals surface area (Å²) in [6.07, 6.45) is 0. The lowest BCUT2D eigenvalue weighted by Crippen LogP contribution is -2.13. The fraction of sp³-hybridized carbons (Fsp3) is 0.100. The Labute approximate surface area is 154 Å². The van der Waals surface area contributed by atoms with Crippen LogP contribution >= 0.6 is 0 Å². The van der Waals surface area contributed by atoms with E-state index >= 15 is 0 Å². The molecular formula is C20H17FN4O2. The Kier molecular flexibility index (Phi) is 4.12. The lowest BCUT2D eigenvalue weighted by molar-refractivity contribution is 0.0529. The van der Waals surface area contributed by atoms with E-state index in [1.165, 1.54) is 16.6 Å². The molecule has 0 aliphatic rings. The topological polar surface area (TPSA) is 81.7 Å². The van der Waals surface area contributed by atoms with E-state index in [2.05, 4.69) is 10.4 Å². The Morgan fingerprint density at radius 1 is 1.19 bits per heavy atom. The van der Waals surface area contributed by atoms with E-state index < -0.39 is 5.97 Å². The molecule has 0 saturated heterocycles. The number of esters is 1. The number of nitrogens with zero attached hydrogens (tertiary/aromatic N) is 2. The number of hydrogen-bond acceptors (Lipinski definition) is 5. The van der Waals surface area contributed by atoms with Gasteiger partial charge < -0.3 is 15.8 Å². The number of nitrogen functional groups attached to an aromatic ring is 1. The number of anilines is 3. The highest BCUT2D eigenvalue weighted by Crippen LogP contribution is 2.31. The number of halogens is 1. The third kappa shape index (κ3) is 2.93. The minimum Gasteiger partial charge on any atom is -0.462 e. The van der Waals surface area contributed by atoms with Crippen LogP contribution in [0.2, 0.25) is 0 Å². The average Bonchev–Trinajstić information content (AvgIpc) is 3.08. The highest BCUT2D eigenvalue weighted by atomic mass is 19.1. The van der Waals surface area contributed by atoms with Gasteiger partial charge in [0.1, 0.15) is 17.2 Å². The van der Waals surface area contributed by atoms with Gasteiger partial charge in [-0.05, 0) is 31.2 Å². The summed E-state index contributed by atoms with van der Waals surface area (Å²) in [6, 6.07) is 15.2. The highest BCUT2D eigenvalue weighted by molar-refractivity contribution is 6.12. The minimum absolute atomic E-state index is 0.203. The van der Waals surface area contributed by atoms with Crippen LogP contribution in [0.5, 0.6) is 0 Å². The molecule has 7 heteroatoms. The van der Waals surface area contributed by atoms with E-state index in [4.69, 9.17) is 10.5 Å². The van der Waals surface area contributed by atoms with Crippen molar-refractivity contribution >= 4 is 39.6 Å². The molecule has 4 aromatic rings. The fourth-order valence-electron chi connectivity index (χ4n) is 3.08. The SMILES string of the molecule is CCOC(=O)c1c(N)n2nc(Nc3ccc(F)cc3)cc2c2ccccc12. The van der Waals surface area contributed by atoms with E-state index in [0.29, 0.717) is 16.9 Å². The predicted molar refractivity (Wildman–Crippen MR) is 103 cm³/mol. The smallest absolute Gasteiger partial charge is 0.342 e. The fourth-order valence-corrected chi connectivity index (χ4v) is 3.08. The largest absolute Gasteiger partial charge is 0.462 e. The third-order valence-corrected chi connectivity index (χ3v) is 4.26. The molecule has 0 saturated carbocycles. The van der Waals surface area contributed by atoms with Crippen molar-refractivity contribution in [2.75, 3.05) is 17.7 Å². The van der Waals surface area contributed by atoms with Gasteiger partial charge in [0.15, 0.2) is 5.82 Å². The standard InChI is InChI=1S/C20H17FN4O2/c1-2-27-20(26)18-15-6-4-3-5-14(15)16-11-17(24-25(16)19(18)22)23-13-9-7-12(21)8-10-13/h3-11H,2,22H2,1H3,(H,23,24). The maximum Gasteiger partial charge on any atom is 0.342 e. The molecule has 27 heavy (non-hydrogen) atoms. The van der Waals surface area contributed by atoms with Gasteiger partial charge in [0.2, 0.25) is 0 Å². The van der Waals surface area contributed by atoms with Gasteiger partial charge in [-0.25, -0.2) is 13.7 Å². The second-order valence-electron chi connectivity index (χ2n) is 5.98. The molecule has 136 valence electrons. The highest BCUT2D eigenvalue weighted by Gasteiger charge is 2.21. The van der Waals surface area contributed by atoms with Gasteiger partial charge in [-0.1, -0.05) is 24.3 Å². The molecular weight excluding hydrogens is 347 g/mol. The van der Waals surface area contributed by atoms with Crippen molar-refractivity contribution in [1.82, 2.24) is 9.61 Å². The number of rotatable bonds is 4. The number of carbonyl (C=O) groups is 1. The molecule has 0 spiro atoms. The number of hydrogen-bond donors (Lipinski definition) is 2. The van der Waals surface area contributed by atoms with Crippen LogP contribution in [0.3, 0.4) is 0 Å².